The quantitative estimate of drug-likeness (QED) is 0.877. The van der Waals surface area contributed by atoms with Crippen molar-refractivity contribution in [3.63, 3.8) is 0 Å². The minimum absolute atomic E-state index is 0.279. The van der Waals surface area contributed by atoms with Gasteiger partial charge in [-0.15, -0.1) is 0 Å². The molecule has 2 rings (SSSR count). The van der Waals surface area contributed by atoms with Crippen molar-refractivity contribution in [3.8, 4) is 17.6 Å². The molecule has 108 valence electrons. The SMILES string of the molecule is COc1ccc(CCN)c(OCc2cccnc2C#N)c1. The van der Waals surface area contributed by atoms with Crippen molar-refractivity contribution < 1.29 is 9.47 Å². The van der Waals surface area contributed by atoms with Crippen molar-refractivity contribution in [2.75, 3.05) is 13.7 Å². The van der Waals surface area contributed by atoms with Gasteiger partial charge in [-0.3, -0.25) is 0 Å². The standard InChI is InChI=1S/C16H17N3O2/c1-20-14-5-4-12(6-7-17)16(9-14)21-11-13-3-2-8-19-15(13)10-18/h2-5,8-9H,6-7,11,17H2,1H3. The van der Waals surface area contributed by atoms with Crippen LogP contribution in [-0.4, -0.2) is 18.6 Å². The molecule has 1 aromatic heterocycles. The van der Waals surface area contributed by atoms with Crippen LogP contribution < -0.4 is 15.2 Å². The van der Waals surface area contributed by atoms with E-state index in [1.54, 1.807) is 19.4 Å². The predicted octanol–water partition coefficient (Wildman–Crippen LogP) is 2.04. The van der Waals surface area contributed by atoms with E-state index in [4.69, 9.17) is 20.5 Å². The molecule has 0 aliphatic rings. The Kier molecular flexibility index (Phi) is 5.13. The monoisotopic (exact) mass is 283 g/mol. The van der Waals surface area contributed by atoms with Crippen molar-refractivity contribution in [3.05, 3.63) is 53.3 Å². The second kappa shape index (κ2) is 7.27. The molecule has 0 aliphatic heterocycles. The molecule has 5 nitrogen and oxygen atoms in total. The molecular weight excluding hydrogens is 266 g/mol. The highest BCUT2D eigenvalue weighted by molar-refractivity contribution is 5.41. The fraction of sp³-hybridized carbons (Fsp3) is 0.250. The van der Waals surface area contributed by atoms with Gasteiger partial charge in [-0.25, -0.2) is 4.98 Å². The maximum atomic E-state index is 9.03. The molecule has 0 saturated carbocycles. The van der Waals surface area contributed by atoms with Crippen molar-refractivity contribution in [1.29, 1.82) is 5.26 Å². The van der Waals surface area contributed by atoms with E-state index in [1.807, 2.05) is 24.3 Å². The number of rotatable bonds is 6. The number of nitrogens with zero attached hydrogens (tertiary/aromatic N) is 2. The van der Waals surface area contributed by atoms with Crippen molar-refractivity contribution >= 4 is 0 Å². The zero-order valence-corrected chi connectivity index (χ0v) is 11.9. The Bertz CT molecular complexity index is 650. The summed E-state index contributed by atoms with van der Waals surface area (Å²) >= 11 is 0. The highest BCUT2D eigenvalue weighted by Crippen LogP contribution is 2.26. The topological polar surface area (TPSA) is 81.2 Å². The highest BCUT2D eigenvalue weighted by Gasteiger charge is 2.08. The van der Waals surface area contributed by atoms with Crippen LogP contribution in [0, 0.1) is 11.3 Å². The van der Waals surface area contributed by atoms with Gasteiger partial charge in [-0.2, -0.15) is 5.26 Å². The number of aromatic nitrogens is 1. The normalized spacial score (nSPS) is 9.95. The molecule has 0 bridgehead atoms. The van der Waals surface area contributed by atoms with Gasteiger partial charge in [-0.1, -0.05) is 12.1 Å². The molecule has 1 heterocycles. The van der Waals surface area contributed by atoms with E-state index >= 15 is 0 Å². The molecule has 1 aromatic carbocycles. The number of benzene rings is 1. The first-order valence-corrected chi connectivity index (χ1v) is 6.62. The average Bonchev–Trinajstić information content (AvgIpc) is 2.54. The van der Waals surface area contributed by atoms with E-state index < -0.39 is 0 Å². The highest BCUT2D eigenvalue weighted by atomic mass is 16.5. The predicted molar refractivity (Wildman–Crippen MR) is 79.0 cm³/mol. The number of ether oxygens (including phenoxy) is 2. The summed E-state index contributed by atoms with van der Waals surface area (Å²) in [4.78, 5) is 4.02. The first-order valence-electron chi connectivity index (χ1n) is 6.62. The molecule has 0 saturated heterocycles. The summed E-state index contributed by atoms with van der Waals surface area (Å²) in [5.41, 5.74) is 7.75. The van der Waals surface area contributed by atoms with E-state index in [0.29, 0.717) is 18.0 Å². The fourth-order valence-corrected chi connectivity index (χ4v) is 1.97. The third-order valence-corrected chi connectivity index (χ3v) is 3.07. The largest absolute Gasteiger partial charge is 0.497 e. The van der Waals surface area contributed by atoms with E-state index in [1.165, 1.54) is 0 Å². The summed E-state index contributed by atoms with van der Waals surface area (Å²) < 4.78 is 11.0. The molecule has 2 aromatic rings. The molecule has 5 heteroatoms. The number of nitriles is 1. The second-order valence-electron chi connectivity index (χ2n) is 4.42. The average molecular weight is 283 g/mol. The van der Waals surface area contributed by atoms with Crippen LogP contribution in [-0.2, 0) is 13.0 Å². The van der Waals surface area contributed by atoms with Gasteiger partial charge in [0.2, 0.25) is 0 Å². The lowest BCUT2D eigenvalue weighted by Crippen LogP contribution is -2.06. The van der Waals surface area contributed by atoms with E-state index in [2.05, 4.69) is 11.1 Å². The Hall–Kier alpha value is -2.58. The van der Waals surface area contributed by atoms with Crippen LogP contribution in [0.1, 0.15) is 16.8 Å². The minimum Gasteiger partial charge on any atom is -0.497 e. The smallest absolute Gasteiger partial charge is 0.147 e. The number of methoxy groups -OCH3 is 1. The van der Waals surface area contributed by atoms with Crippen LogP contribution in [0.5, 0.6) is 11.5 Å². The Balaban J connectivity index is 2.20. The molecule has 0 aliphatic carbocycles. The summed E-state index contributed by atoms with van der Waals surface area (Å²) in [6.45, 7) is 0.820. The lowest BCUT2D eigenvalue weighted by atomic mass is 10.1. The Labute approximate surface area is 123 Å². The first-order chi connectivity index (χ1) is 10.3. The summed E-state index contributed by atoms with van der Waals surface area (Å²) in [6.07, 6.45) is 2.31. The van der Waals surface area contributed by atoms with Gasteiger partial charge in [-0.05, 0) is 30.7 Å². The summed E-state index contributed by atoms with van der Waals surface area (Å²) in [6, 6.07) is 11.3. The van der Waals surface area contributed by atoms with Gasteiger partial charge in [0.15, 0.2) is 0 Å². The molecule has 2 N–H and O–H groups in total. The van der Waals surface area contributed by atoms with E-state index in [0.717, 1.165) is 23.3 Å². The van der Waals surface area contributed by atoms with Gasteiger partial charge >= 0.3 is 0 Å². The third kappa shape index (κ3) is 3.71. The zero-order valence-electron chi connectivity index (χ0n) is 11.9. The van der Waals surface area contributed by atoms with Crippen LogP contribution in [0.3, 0.4) is 0 Å². The summed E-state index contributed by atoms with van der Waals surface area (Å²) in [7, 11) is 1.61. The van der Waals surface area contributed by atoms with Gasteiger partial charge < -0.3 is 15.2 Å². The minimum atomic E-state index is 0.279. The first kappa shape index (κ1) is 14.8. The Morgan fingerprint density at radius 1 is 1.29 bits per heavy atom. The molecule has 0 spiro atoms. The molecule has 0 fully saturated rings. The van der Waals surface area contributed by atoms with E-state index in [-0.39, 0.29) is 6.61 Å². The van der Waals surface area contributed by atoms with Crippen molar-refractivity contribution in [2.45, 2.75) is 13.0 Å². The second-order valence-corrected chi connectivity index (χ2v) is 4.42. The maximum absolute atomic E-state index is 9.03. The zero-order chi connectivity index (χ0) is 15.1. The van der Waals surface area contributed by atoms with Gasteiger partial charge in [0.05, 0.1) is 7.11 Å². The summed E-state index contributed by atoms with van der Waals surface area (Å²) in [5.74, 6) is 1.44. The van der Waals surface area contributed by atoms with Crippen molar-refractivity contribution in [1.82, 2.24) is 4.98 Å². The lowest BCUT2D eigenvalue weighted by Gasteiger charge is -2.13. The molecule has 0 unspecified atom stereocenters. The number of hydrogen-bond donors (Lipinski definition) is 1. The fourth-order valence-electron chi connectivity index (χ4n) is 1.97. The van der Waals surface area contributed by atoms with Gasteiger partial charge in [0.1, 0.15) is 29.9 Å². The maximum Gasteiger partial charge on any atom is 0.147 e. The molecule has 0 amide bonds. The van der Waals surface area contributed by atoms with Crippen LogP contribution in [0.25, 0.3) is 0 Å². The van der Waals surface area contributed by atoms with Crippen LogP contribution in [0.15, 0.2) is 36.5 Å². The van der Waals surface area contributed by atoms with Crippen LogP contribution >= 0.6 is 0 Å². The van der Waals surface area contributed by atoms with Crippen molar-refractivity contribution in [2.24, 2.45) is 5.73 Å². The summed E-state index contributed by atoms with van der Waals surface area (Å²) in [5, 5.41) is 9.03. The molecule has 0 atom stereocenters. The number of hydrogen-bond acceptors (Lipinski definition) is 5. The number of nitrogens with two attached hydrogens (primary N) is 1. The van der Waals surface area contributed by atoms with Crippen LogP contribution in [0.2, 0.25) is 0 Å². The lowest BCUT2D eigenvalue weighted by molar-refractivity contribution is 0.299. The van der Waals surface area contributed by atoms with Gasteiger partial charge in [0.25, 0.3) is 0 Å². The molecule has 0 radical (unpaired) electrons. The Morgan fingerprint density at radius 2 is 2.14 bits per heavy atom. The third-order valence-electron chi connectivity index (χ3n) is 3.07. The Morgan fingerprint density at radius 3 is 2.86 bits per heavy atom. The molecular formula is C16H17N3O2. The van der Waals surface area contributed by atoms with E-state index in [9.17, 15) is 0 Å². The molecule has 21 heavy (non-hydrogen) atoms. The van der Waals surface area contributed by atoms with Gasteiger partial charge in [0, 0.05) is 17.8 Å². The van der Waals surface area contributed by atoms with Crippen LogP contribution in [0.4, 0.5) is 0 Å². The number of pyridine rings is 1.